The van der Waals surface area contributed by atoms with E-state index in [0.29, 0.717) is 0 Å². The van der Waals surface area contributed by atoms with Crippen LogP contribution in [0, 0.1) is 5.82 Å². The molecule has 0 nitrogen and oxygen atoms in total. The van der Waals surface area contributed by atoms with Crippen LogP contribution < -0.4 is 0 Å². The van der Waals surface area contributed by atoms with E-state index in [0.717, 1.165) is 20.2 Å². The lowest BCUT2D eigenvalue weighted by molar-refractivity contribution is 0.625. The van der Waals surface area contributed by atoms with Crippen LogP contribution in [0.4, 0.5) is 4.39 Å². The molecule has 90 valence electrons. The monoisotopic (exact) mass is 440 g/mol. The molecular weight excluding hydrogens is 435 g/mol. The Morgan fingerprint density at radius 2 is 2.00 bits per heavy atom. The van der Waals surface area contributed by atoms with Crippen LogP contribution in [0.3, 0.4) is 0 Å². The van der Waals surface area contributed by atoms with Gasteiger partial charge in [-0.2, -0.15) is 0 Å². The van der Waals surface area contributed by atoms with E-state index in [1.807, 2.05) is 6.07 Å². The molecule has 1 heterocycles. The van der Waals surface area contributed by atoms with Gasteiger partial charge in [0.15, 0.2) is 0 Å². The van der Waals surface area contributed by atoms with Crippen LogP contribution >= 0.6 is 59.1 Å². The third-order valence-electron chi connectivity index (χ3n) is 2.28. The molecule has 2 aromatic rings. The van der Waals surface area contributed by atoms with Crippen molar-refractivity contribution in [2.75, 3.05) is 0 Å². The Labute approximate surface area is 129 Å². The Balaban J connectivity index is 2.14. The summed E-state index contributed by atoms with van der Waals surface area (Å²) in [6, 6.07) is 8.80. The van der Waals surface area contributed by atoms with Gasteiger partial charge in [0.1, 0.15) is 5.82 Å². The zero-order chi connectivity index (χ0) is 12.4. The number of benzene rings is 1. The van der Waals surface area contributed by atoms with E-state index in [2.05, 4.69) is 53.9 Å². The normalized spacial score (nSPS) is 12.7. The molecule has 0 N–H and O–H groups in total. The summed E-state index contributed by atoms with van der Waals surface area (Å²) in [5.41, 5.74) is 0.993. The summed E-state index contributed by atoms with van der Waals surface area (Å²) >= 11 is 12.3. The number of hydrogen-bond donors (Lipinski definition) is 0. The molecule has 1 unspecified atom stereocenters. The maximum absolute atomic E-state index is 13.1. The Hall–Kier alpha value is 0.290. The zero-order valence-corrected chi connectivity index (χ0v) is 14.2. The molecule has 1 atom stereocenters. The average molecular weight is 443 g/mol. The van der Waals surface area contributed by atoms with Gasteiger partial charge < -0.3 is 0 Å². The molecule has 0 spiro atoms. The van der Waals surface area contributed by atoms with Crippen molar-refractivity contribution in [3.8, 4) is 0 Å². The average Bonchev–Trinajstić information content (AvgIpc) is 2.59. The van der Waals surface area contributed by atoms with Crippen molar-refractivity contribution in [3.63, 3.8) is 0 Å². The van der Waals surface area contributed by atoms with Gasteiger partial charge in [-0.1, -0.05) is 28.1 Å². The van der Waals surface area contributed by atoms with Gasteiger partial charge in [0.25, 0.3) is 0 Å². The highest BCUT2D eigenvalue weighted by molar-refractivity contribution is 9.13. The lowest BCUT2D eigenvalue weighted by Gasteiger charge is -2.07. The second kappa shape index (κ2) is 5.95. The smallest absolute Gasteiger partial charge is 0.123 e. The molecule has 5 heteroatoms. The highest BCUT2D eigenvalue weighted by Crippen LogP contribution is 2.39. The molecular formula is C12H8Br3FS. The fourth-order valence-electron chi connectivity index (χ4n) is 1.49. The fourth-order valence-corrected chi connectivity index (χ4v) is 4.34. The summed E-state index contributed by atoms with van der Waals surface area (Å²) < 4.78 is 15.2. The van der Waals surface area contributed by atoms with Crippen LogP contribution in [0.5, 0.6) is 0 Å². The number of halogens is 4. The van der Waals surface area contributed by atoms with Gasteiger partial charge in [-0.15, -0.1) is 11.3 Å². The van der Waals surface area contributed by atoms with Gasteiger partial charge in [-0.3, -0.25) is 0 Å². The zero-order valence-electron chi connectivity index (χ0n) is 8.59. The summed E-state index contributed by atoms with van der Waals surface area (Å²) in [4.78, 5) is 1.42. The first-order valence-electron chi connectivity index (χ1n) is 4.89. The van der Waals surface area contributed by atoms with E-state index in [1.54, 1.807) is 23.5 Å². The van der Waals surface area contributed by atoms with Crippen LogP contribution in [0.1, 0.15) is 15.3 Å². The Bertz CT molecular complexity index is 505. The molecule has 0 amide bonds. The number of hydrogen-bond acceptors (Lipinski definition) is 1. The highest BCUT2D eigenvalue weighted by atomic mass is 79.9. The van der Waals surface area contributed by atoms with Gasteiger partial charge in [-0.05, 0) is 62.0 Å². The summed E-state index contributed by atoms with van der Waals surface area (Å²) in [7, 11) is 0. The predicted molar refractivity (Wildman–Crippen MR) is 81.5 cm³/mol. The summed E-state index contributed by atoms with van der Waals surface area (Å²) in [6.45, 7) is 0. The van der Waals surface area contributed by atoms with E-state index >= 15 is 0 Å². The molecule has 0 saturated carbocycles. The molecule has 2 rings (SSSR count). The lowest BCUT2D eigenvalue weighted by atomic mass is 10.1. The van der Waals surface area contributed by atoms with E-state index in [9.17, 15) is 4.39 Å². The fraction of sp³-hybridized carbons (Fsp3) is 0.167. The third kappa shape index (κ3) is 3.63. The van der Waals surface area contributed by atoms with Crippen molar-refractivity contribution in [1.29, 1.82) is 0 Å². The molecule has 0 radical (unpaired) electrons. The first-order chi connectivity index (χ1) is 8.06. The standard InChI is InChI=1S/C12H8Br3FS/c13-9(11-6-10(14)12(15)17-11)5-7-2-1-3-8(16)4-7/h1-4,6,9H,5H2. The first-order valence-corrected chi connectivity index (χ1v) is 8.21. The topological polar surface area (TPSA) is 0 Å². The molecule has 0 aliphatic carbocycles. The van der Waals surface area contributed by atoms with Crippen LogP contribution in [0.2, 0.25) is 0 Å². The molecule has 17 heavy (non-hydrogen) atoms. The third-order valence-corrected chi connectivity index (χ3v) is 6.77. The molecule has 1 aromatic carbocycles. The molecule has 0 saturated heterocycles. The van der Waals surface area contributed by atoms with E-state index < -0.39 is 0 Å². The van der Waals surface area contributed by atoms with Gasteiger partial charge in [0, 0.05) is 9.35 Å². The molecule has 0 fully saturated rings. The molecule has 1 aromatic heterocycles. The van der Waals surface area contributed by atoms with Gasteiger partial charge in [0.05, 0.1) is 8.61 Å². The molecule has 0 bridgehead atoms. The molecule has 0 aliphatic rings. The SMILES string of the molecule is Fc1cccc(CC(Br)c2cc(Br)c(Br)s2)c1. The van der Waals surface area contributed by atoms with Crippen molar-refractivity contribution < 1.29 is 4.39 Å². The van der Waals surface area contributed by atoms with Crippen LogP contribution in [-0.2, 0) is 6.42 Å². The minimum absolute atomic E-state index is 0.184. The lowest BCUT2D eigenvalue weighted by Crippen LogP contribution is -1.93. The summed E-state index contributed by atoms with van der Waals surface area (Å²) in [5, 5.41) is 0. The Morgan fingerprint density at radius 3 is 2.59 bits per heavy atom. The van der Waals surface area contributed by atoms with Crippen LogP contribution in [-0.4, -0.2) is 0 Å². The second-order valence-electron chi connectivity index (χ2n) is 3.57. The first kappa shape index (κ1) is 13.7. The van der Waals surface area contributed by atoms with Gasteiger partial charge in [0.2, 0.25) is 0 Å². The maximum Gasteiger partial charge on any atom is 0.123 e. The van der Waals surface area contributed by atoms with Crippen molar-refractivity contribution in [2.24, 2.45) is 0 Å². The minimum Gasteiger partial charge on any atom is -0.207 e. The van der Waals surface area contributed by atoms with E-state index in [4.69, 9.17) is 0 Å². The maximum atomic E-state index is 13.1. The largest absolute Gasteiger partial charge is 0.207 e. The quantitative estimate of drug-likeness (QED) is 0.504. The number of thiophene rings is 1. The summed E-state index contributed by atoms with van der Waals surface area (Å²) in [5.74, 6) is -0.184. The van der Waals surface area contributed by atoms with Gasteiger partial charge >= 0.3 is 0 Å². The van der Waals surface area contributed by atoms with Crippen molar-refractivity contribution in [3.05, 3.63) is 54.8 Å². The number of alkyl halides is 1. The van der Waals surface area contributed by atoms with Crippen LogP contribution in [0.15, 0.2) is 38.6 Å². The Morgan fingerprint density at radius 1 is 1.24 bits per heavy atom. The van der Waals surface area contributed by atoms with Crippen molar-refractivity contribution >= 4 is 59.1 Å². The second-order valence-corrected chi connectivity index (χ2v) is 7.93. The van der Waals surface area contributed by atoms with E-state index in [-0.39, 0.29) is 10.6 Å². The van der Waals surface area contributed by atoms with Crippen molar-refractivity contribution in [2.45, 2.75) is 11.2 Å². The van der Waals surface area contributed by atoms with Crippen LogP contribution in [0.25, 0.3) is 0 Å². The molecule has 0 aliphatic heterocycles. The Kier molecular flexibility index (Phi) is 4.80. The predicted octanol–water partition coefficient (Wildman–Crippen LogP) is 6.09. The minimum atomic E-state index is -0.184. The number of rotatable bonds is 3. The van der Waals surface area contributed by atoms with Gasteiger partial charge in [-0.25, -0.2) is 4.39 Å². The van der Waals surface area contributed by atoms with E-state index in [1.165, 1.54) is 10.9 Å². The summed E-state index contributed by atoms with van der Waals surface area (Å²) in [6.07, 6.45) is 0.775. The van der Waals surface area contributed by atoms with Crippen molar-refractivity contribution in [1.82, 2.24) is 0 Å². The highest BCUT2D eigenvalue weighted by Gasteiger charge is 2.13.